The fourth-order valence-corrected chi connectivity index (χ4v) is 3.90. The minimum Gasteiger partial charge on any atom is -0.461 e. The van der Waals surface area contributed by atoms with Crippen molar-refractivity contribution in [3.8, 4) is 6.07 Å². The van der Waals surface area contributed by atoms with Crippen LogP contribution in [-0.2, 0) is 9.53 Å². The zero-order chi connectivity index (χ0) is 19.3. The van der Waals surface area contributed by atoms with Gasteiger partial charge in [-0.2, -0.15) is 5.26 Å². The van der Waals surface area contributed by atoms with Crippen molar-refractivity contribution in [1.82, 2.24) is 5.32 Å². The molecule has 1 aromatic rings. The molecule has 0 saturated carbocycles. The molecule has 1 fully saturated rings. The number of halogens is 1. The lowest BCUT2D eigenvalue weighted by atomic mass is 9.62. The molecule has 0 aliphatic carbocycles. The predicted octanol–water partition coefficient (Wildman–Crippen LogP) is 4.30. The summed E-state index contributed by atoms with van der Waals surface area (Å²) in [7, 11) is 0. The number of carbonyl (C=O) groups excluding carboxylic acids is 1. The lowest BCUT2D eigenvalue weighted by molar-refractivity contribution is -0.147. The monoisotopic (exact) mass is 386 g/mol. The van der Waals surface area contributed by atoms with Crippen molar-refractivity contribution < 1.29 is 9.53 Å². The second kappa shape index (κ2) is 8.31. The Hall–Kier alpha value is -2.42. The first-order valence-electron chi connectivity index (χ1n) is 7.97. The minimum atomic E-state index is -1.19. The SMILES string of the molecule is C=CCOC(=O)[C@H]1C(=C)NC(=S)[C@](C#N)(CC=C)[C@H]1c1ccccc1Cl. The Kier molecular flexibility index (Phi) is 6.36. The zero-order valence-electron chi connectivity index (χ0n) is 14.2. The second-order valence-corrected chi connectivity index (χ2v) is 6.77. The van der Waals surface area contributed by atoms with Crippen molar-refractivity contribution in [2.24, 2.45) is 11.3 Å². The number of hydrogen-bond acceptors (Lipinski definition) is 4. The van der Waals surface area contributed by atoms with Crippen LogP contribution in [0.25, 0.3) is 0 Å². The average molecular weight is 387 g/mol. The van der Waals surface area contributed by atoms with Crippen molar-refractivity contribution in [3.05, 3.63) is 72.4 Å². The van der Waals surface area contributed by atoms with Crippen LogP contribution in [0.5, 0.6) is 0 Å². The van der Waals surface area contributed by atoms with Gasteiger partial charge in [0.05, 0.1) is 6.07 Å². The van der Waals surface area contributed by atoms with Crippen molar-refractivity contribution in [2.45, 2.75) is 12.3 Å². The van der Waals surface area contributed by atoms with Crippen molar-refractivity contribution >= 4 is 34.8 Å². The first kappa shape index (κ1) is 19.9. The van der Waals surface area contributed by atoms with Crippen molar-refractivity contribution in [3.63, 3.8) is 0 Å². The van der Waals surface area contributed by atoms with Gasteiger partial charge in [-0.25, -0.2) is 0 Å². The van der Waals surface area contributed by atoms with Gasteiger partial charge in [0, 0.05) is 16.6 Å². The van der Waals surface area contributed by atoms with Gasteiger partial charge in [-0.1, -0.05) is 67.3 Å². The summed E-state index contributed by atoms with van der Waals surface area (Å²) in [6.07, 6.45) is 3.35. The van der Waals surface area contributed by atoms with Crippen LogP contribution in [0.2, 0.25) is 5.02 Å². The maximum absolute atomic E-state index is 12.8. The number of allylic oxidation sites excluding steroid dienone is 1. The van der Waals surface area contributed by atoms with Crippen molar-refractivity contribution in [2.75, 3.05) is 6.61 Å². The molecule has 1 heterocycles. The number of esters is 1. The normalized spacial score (nSPS) is 24.9. The average Bonchev–Trinajstić information content (AvgIpc) is 2.62. The van der Waals surface area contributed by atoms with Gasteiger partial charge in [0.25, 0.3) is 0 Å². The van der Waals surface area contributed by atoms with E-state index in [1.54, 1.807) is 30.3 Å². The maximum atomic E-state index is 12.8. The van der Waals surface area contributed by atoms with Gasteiger partial charge in [-0.05, 0) is 18.1 Å². The lowest BCUT2D eigenvalue weighted by Gasteiger charge is -2.44. The quantitative estimate of drug-likeness (QED) is 0.448. The van der Waals surface area contributed by atoms with Crippen LogP contribution < -0.4 is 5.32 Å². The topological polar surface area (TPSA) is 62.1 Å². The van der Waals surface area contributed by atoms with Crippen LogP contribution in [0.1, 0.15) is 17.9 Å². The molecule has 1 aliphatic rings. The number of hydrogen-bond donors (Lipinski definition) is 1. The van der Waals surface area contributed by atoms with Gasteiger partial charge in [-0.3, -0.25) is 4.79 Å². The van der Waals surface area contributed by atoms with Crippen LogP contribution in [0, 0.1) is 22.7 Å². The molecule has 1 aliphatic heterocycles. The van der Waals surface area contributed by atoms with E-state index in [1.165, 1.54) is 6.08 Å². The Morgan fingerprint density at radius 1 is 1.42 bits per heavy atom. The molecule has 0 amide bonds. The van der Waals surface area contributed by atoms with Gasteiger partial charge < -0.3 is 10.1 Å². The van der Waals surface area contributed by atoms with E-state index in [0.29, 0.717) is 21.3 Å². The Balaban J connectivity index is 2.70. The fraction of sp³-hybridized carbons (Fsp3) is 0.250. The number of thiocarbonyl (C=S) groups is 1. The van der Waals surface area contributed by atoms with E-state index in [2.05, 4.69) is 31.1 Å². The third-order valence-electron chi connectivity index (χ3n) is 4.42. The molecule has 26 heavy (non-hydrogen) atoms. The highest BCUT2D eigenvalue weighted by Crippen LogP contribution is 2.51. The van der Waals surface area contributed by atoms with Crippen molar-refractivity contribution in [1.29, 1.82) is 5.26 Å². The van der Waals surface area contributed by atoms with Crippen LogP contribution in [0.15, 0.2) is 61.9 Å². The first-order valence-corrected chi connectivity index (χ1v) is 8.76. The number of nitrogens with zero attached hydrogens (tertiary/aromatic N) is 1. The summed E-state index contributed by atoms with van der Waals surface area (Å²) >= 11 is 11.9. The summed E-state index contributed by atoms with van der Waals surface area (Å²) in [5.74, 6) is -2.00. The Labute approximate surface area is 163 Å². The van der Waals surface area contributed by atoms with E-state index in [4.69, 9.17) is 28.6 Å². The molecule has 1 saturated heterocycles. The third kappa shape index (κ3) is 3.44. The highest BCUT2D eigenvalue weighted by molar-refractivity contribution is 7.80. The summed E-state index contributed by atoms with van der Waals surface area (Å²) in [5, 5.41) is 13.4. The van der Waals surface area contributed by atoms with E-state index in [0.717, 1.165) is 0 Å². The summed E-state index contributed by atoms with van der Waals surface area (Å²) in [6.45, 7) is 11.3. The number of nitrogens with one attached hydrogen (secondary N) is 1. The van der Waals surface area contributed by atoms with E-state index in [9.17, 15) is 10.1 Å². The predicted molar refractivity (Wildman–Crippen MR) is 107 cm³/mol. The maximum Gasteiger partial charge on any atom is 0.315 e. The smallest absolute Gasteiger partial charge is 0.315 e. The lowest BCUT2D eigenvalue weighted by Crippen LogP contribution is -2.53. The number of ether oxygens (including phenoxy) is 1. The molecule has 0 aromatic heterocycles. The van der Waals surface area contributed by atoms with Gasteiger partial charge in [0.2, 0.25) is 0 Å². The van der Waals surface area contributed by atoms with E-state index in [1.807, 2.05) is 0 Å². The molecule has 3 atom stereocenters. The Morgan fingerprint density at radius 2 is 2.12 bits per heavy atom. The highest BCUT2D eigenvalue weighted by Gasteiger charge is 2.54. The summed E-state index contributed by atoms with van der Waals surface area (Å²) in [4.78, 5) is 13.1. The molecular formula is C20H19ClN2O2S. The van der Waals surface area contributed by atoms with Gasteiger partial charge in [-0.15, -0.1) is 6.58 Å². The zero-order valence-corrected chi connectivity index (χ0v) is 15.8. The van der Waals surface area contributed by atoms with Gasteiger partial charge in [0.15, 0.2) is 0 Å². The molecule has 134 valence electrons. The third-order valence-corrected chi connectivity index (χ3v) is 5.23. The largest absolute Gasteiger partial charge is 0.461 e. The molecule has 0 bridgehead atoms. The number of nitriles is 1. The van der Waals surface area contributed by atoms with E-state index < -0.39 is 23.2 Å². The summed E-state index contributed by atoms with van der Waals surface area (Å²) < 4.78 is 5.26. The van der Waals surface area contributed by atoms with Crippen LogP contribution in [0.4, 0.5) is 0 Å². The minimum absolute atomic E-state index is 0.0588. The van der Waals surface area contributed by atoms with E-state index >= 15 is 0 Å². The van der Waals surface area contributed by atoms with Gasteiger partial charge >= 0.3 is 5.97 Å². The Morgan fingerprint density at radius 3 is 2.69 bits per heavy atom. The van der Waals surface area contributed by atoms with E-state index in [-0.39, 0.29) is 13.0 Å². The summed E-state index contributed by atoms with van der Waals surface area (Å²) in [5.41, 5.74) is -0.173. The van der Waals surface area contributed by atoms with Crippen LogP contribution in [0.3, 0.4) is 0 Å². The molecule has 2 rings (SSSR count). The van der Waals surface area contributed by atoms with Gasteiger partial charge in [0.1, 0.15) is 22.9 Å². The molecule has 0 spiro atoms. The molecular weight excluding hydrogens is 368 g/mol. The number of carbonyl (C=O) groups is 1. The van der Waals surface area contributed by atoms with Crippen LogP contribution in [-0.4, -0.2) is 17.6 Å². The molecule has 0 radical (unpaired) electrons. The Bertz CT molecular complexity index is 814. The molecule has 0 unspecified atom stereocenters. The number of benzene rings is 1. The standard InChI is InChI=1S/C20H19ClN2O2S/c1-4-10-20(12-22)17(14-8-6-7-9-15(14)21)16(13(3)23-19(20)26)18(24)25-11-5-2/h4-9,16-17H,1-3,10-11H2,(H,23,26)/t16-,17-,20-/m0/s1. The fourth-order valence-electron chi connectivity index (χ4n) is 3.26. The van der Waals surface area contributed by atoms with Crippen LogP contribution >= 0.6 is 23.8 Å². The first-order chi connectivity index (χ1) is 12.4. The molecule has 1 N–H and O–H groups in total. The highest BCUT2D eigenvalue weighted by atomic mass is 35.5. The number of piperidine rings is 1. The molecule has 1 aromatic carbocycles. The number of rotatable bonds is 6. The second-order valence-electron chi connectivity index (χ2n) is 5.95. The molecule has 4 nitrogen and oxygen atoms in total. The summed E-state index contributed by atoms with van der Waals surface area (Å²) in [6, 6.07) is 9.39. The molecule has 6 heteroatoms.